The van der Waals surface area contributed by atoms with Crippen molar-refractivity contribution in [3.63, 3.8) is 0 Å². The van der Waals surface area contributed by atoms with Gasteiger partial charge in [-0.05, 0) is 32.1 Å². The van der Waals surface area contributed by atoms with E-state index >= 15 is 0 Å². The van der Waals surface area contributed by atoms with Gasteiger partial charge in [-0.25, -0.2) is 4.79 Å². The molecule has 1 saturated carbocycles. The topological polar surface area (TPSA) is 68.5 Å². The lowest BCUT2D eigenvalue weighted by Crippen LogP contribution is -2.27. The number of aryl methyl sites for hydroxylation is 1. The van der Waals surface area contributed by atoms with E-state index in [1.807, 2.05) is 11.5 Å². The number of carboxylic acid groups (broad SMARTS) is 1. The van der Waals surface area contributed by atoms with Gasteiger partial charge in [-0.2, -0.15) is 0 Å². The van der Waals surface area contributed by atoms with Gasteiger partial charge in [-0.3, -0.25) is 4.79 Å². The fourth-order valence-electron chi connectivity index (χ4n) is 2.94. The smallest absolute Gasteiger partial charge is 0.341 e. The summed E-state index contributed by atoms with van der Waals surface area (Å²) in [6.07, 6.45) is 4.90. The van der Waals surface area contributed by atoms with E-state index < -0.39 is 11.4 Å². The first-order valence-electron chi connectivity index (χ1n) is 6.65. The van der Waals surface area contributed by atoms with Gasteiger partial charge in [-0.15, -0.1) is 0 Å². The summed E-state index contributed by atoms with van der Waals surface area (Å²) >= 11 is 0. The maximum atomic E-state index is 11.7. The molecule has 5 nitrogen and oxygen atoms in total. The first-order chi connectivity index (χ1) is 9.08. The third-order valence-electron chi connectivity index (χ3n) is 4.06. The average molecular weight is 263 g/mol. The monoisotopic (exact) mass is 263 g/mol. The average Bonchev–Trinajstić information content (AvgIpc) is 3.08. The summed E-state index contributed by atoms with van der Waals surface area (Å²) in [6, 6.07) is 1.57. The van der Waals surface area contributed by atoms with Crippen LogP contribution in [0.1, 0.15) is 41.4 Å². The highest BCUT2D eigenvalue weighted by Crippen LogP contribution is 2.43. The number of rotatable bonds is 3. The van der Waals surface area contributed by atoms with Crippen molar-refractivity contribution >= 4 is 5.97 Å². The number of ether oxygens (including phenoxy) is 1. The highest BCUT2D eigenvalue weighted by atomic mass is 16.5. The van der Waals surface area contributed by atoms with Crippen molar-refractivity contribution in [1.82, 2.24) is 4.57 Å². The largest absolute Gasteiger partial charge is 0.477 e. The second-order valence-corrected chi connectivity index (χ2v) is 5.43. The Morgan fingerprint density at radius 3 is 2.79 bits per heavy atom. The van der Waals surface area contributed by atoms with Gasteiger partial charge in [0.15, 0.2) is 5.43 Å². The second kappa shape index (κ2) is 4.49. The lowest BCUT2D eigenvalue weighted by atomic mass is 10.0. The van der Waals surface area contributed by atoms with Gasteiger partial charge in [0.2, 0.25) is 0 Å². The number of aromatic nitrogens is 1. The van der Waals surface area contributed by atoms with Gasteiger partial charge >= 0.3 is 5.97 Å². The first-order valence-corrected chi connectivity index (χ1v) is 6.65. The fraction of sp³-hybridized carbons (Fsp3) is 0.571. The van der Waals surface area contributed by atoms with Gasteiger partial charge in [0, 0.05) is 24.6 Å². The normalized spacial score (nSPS) is 26.6. The van der Waals surface area contributed by atoms with Crippen molar-refractivity contribution in [1.29, 1.82) is 0 Å². The van der Waals surface area contributed by atoms with Crippen LogP contribution in [-0.4, -0.2) is 28.4 Å². The van der Waals surface area contributed by atoms with Gasteiger partial charge in [0.25, 0.3) is 0 Å². The van der Waals surface area contributed by atoms with E-state index in [1.165, 1.54) is 25.1 Å². The summed E-state index contributed by atoms with van der Waals surface area (Å²) in [5.41, 5.74) is 0.214. The number of carbonyl (C=O) groups is 1. The van der Waals surface area contributed by atoms with Crippen LogP contribution >= 0.6 is 0 Å². The van der Waals surface area contributed by atoms with Crippen molar-refractivity contribution < 1.29 is 14.6 Å². The first kappa shape index (κ1) is 12.4. The Morgan fingerprint density at radius 1 is 1.42 bits per heavy atom. The van der Waals surface area contributed by atoms with Crippen LogP contribution in [0, 0.1) is 12.8 Å². The van der Waals surface area contributed by atoms with E-state index in [1.54, 1.807) is 0 Å². The summed E-state index contributed by atoms with van der Waals surface area (Å²) in [6.45, 7) is 2.55. The number of aromatic carboxylic acids is 1. The van der Waals surface area contributed by atoms with Gasteiger partial charge in [0.05, 0.1) is 12.1 Å². The van der Waals surface area contributed by atoms with Gasteiger partial charge < -0.3 is 14.4 Å². The Labute approximate surface area is 110 Å². The van der Waals surface area contributed by atoms with Crippen LogP contribution in [0.25, 0.3) is 0 Å². The molecule has 1 aliphatic carbocycles. The molecule has 1 aromatic rings. The molecule has 2 aliphatic rings. The number of pyridine rings is 1. The molecule has 0 radical (unpaired) electrons. The van der Waals surface area contributed by atoms with Crippen molar-refractivity contribution in [2.45, 2.75) is 38.3 Å². The summed E-state index contributed by atoms with van der Waals surface area (Å²) < 4.78 is 7.70. The highest BCUT2D eigenvalue weighted by Gasteiger charge is 2.41. The lowest BCUT2D eigenvalue weighted by Gasteiger charge is -2.23. The van der Waals surface area contributed by atoms with Crippen LogP contribution in [0.3, 0.4) is 0 Å². The third-order valence-corrected chi connectivity index (χ3v) is 4.06. The molecule has 2 unspecified atom stereocenters. The quantitative estimate of drug-likeness (QED) is 0.899. The maximum absolute atomic E-state index is 11.7. The predicted molar refractivity (Wildman–Crippen MR) is 68.5 cm³/mol. The molecule has 1 saturated heterocycles. The molecule has 5 heteroatoms. The van der Waals surface area contributed by atoms with Gasteiger partial charge in [0.1, 0.15) is 5.56 Å². The molecule has 102 valence electrons. The molecule has 0 aromatic carbocycles. The Hall–Kier alpha value is -1.62. The number of hydrogen-bond acceptors (Lipinski definition) is 3. The Balaban J connectivity index is 2.01. The molecular formula is C14H17NO4. The maximum Gasteiger partial charge on any atom is 0.341 e. The highest BCUT2D eigenvalue weighted by molar-refractivity contribution is 5.87. The lowest BCUT2D eigenvalue weighted by molar-refractivity contribution is 0.0685. The fourth-order valence-corrected chi connectivity index (χ4v) is 2.94. The molecule has 19 heavy (non-hydrogen) atoms. The number of carboxylic acids is 1. The van der Waals surface area contributed by atoms with E-state index in [0.29, 0.717) is 12.5 Å². The molecule has 1 N–H and O–H groups in total. The zero-order chi connectivity index (χ0) is 13.6. The van der Waals surface area contributed by atoms with Crippen molar-refractivity contribution in [3.05, 3.63) is 33.7 Å². The molecule has 1 aliphatic heterocycles. The zero-order valence-corrected chi connectivity index (χ0v) is 10.8. The Bertz CT molecular complexity index is 573. The van der Waals surface area contributed by atoms with Gasteiger partial charge in [-0.1, -0.05) is 0 Å². The van der Waals surface area contributed by atoms with Crippen LogP contribution in [0.5, 0.6) is 0 Å². The molecular weight excluding hydrogens is 246 g/mol. The predicted octanol–water partition coefficient (Wildman–Crippen LogP) is 1.59. The summed E-state index contributed by atoms with van der Waals surface area (Å²) in [5.74, 6) is -0.569. The zero-order valence-electron chi connectivity index (χ0n) is 10.8. The summed E-state index contributed by atoms with van der Waals surface area (Å²) in [4.78, 5) is 22.7. The van der Waals surface area contributed by atoms with E-state index in [2.05, 4.69) is 0 Å². The molecule has 0 amide bonds. The standard InChI is InChI=1S/C14H17NO4/c1-8-6-12(16)10(14(17)18)7-15(8)11-4-5-19-13(11)9-2-3-9/h6-7,9,11,13H,2-5H2,1H3,(H,17,18). The molecule has 3 rings (SSSR count). The molecule has 2 fully saturated rings. The van der Waals surface area contributed by atoms with Crippen molar-refractivity contribution in [2.75, 3.05) is 6.61 Å². The van der Waals surface area contributed by atoms with E-state index in [-0.39, 0.29) is 17.7 Å². The molecule has 0 spiro atoms. The number of nitrogens with zero attached hydrogens (tertiary/aromatic N) is 1. The molecule has 1 aromatic heterocycles. The minimum absolute atomic E-state index is 0.159. The van der Waals surface area contributed by atoms with Crippen molar-refractivity contribution in [3.8, 4) is 0 Å². The van der Waals surface area contributed by atoms with Crippen molar-refractivity contribution in [2.24, 2.45) is 5.92 Å². The van der Waals surface area contributed by atoms with Crippen LogP contribution in [0.4, 0.5) is 0 Å². The summed E-state index contributed by atoms with van der Waals surface area (Å²) in [5, 5.41) is 9.07. The van der Waals surface area contributed by atoms with Crippen LogP contribution in [-0.2, 0) is 4.74 Å². The third kappa shape index (κ3) is 2.18. The Morgan fingerprint density at radius 2 is 2.16 bits per heavy atom. The molecule has 2 atom stereocenters. The van der Waals surface area contributed by atoms with E-state index in [9.17, 15) is 9.59 Å². The Kier molecular flexibility index (Phi) is 2.93. The minimum Gasteiger partial charge on any atom is -0.477 e. The SMILES string of the molecule is Cc1cc(=O)c(C(=O)O)cn1C1CCOC1C1CC1. The van der Waals surface area contributed by atoms with Crippen LogP contribution in [0.2, 0.25) is 0 Å². The van der Waals surface area contributed by atoms with E-state index in [0.717, 1.165) is 12.1 Å². The summed E-state index contributed by atoms with van der Waals surface area (Å²) in [7, 11) is 0. The van der Waals surface area contributed by atoms with Crippen LogP contribution < -0.4 is 5.43 Å². The molecule has 0 bridgehead atoms. The number of hydrogen-bond donors (Lipinski definition) is 1. The van der Waals surface area contributed by atoms with Crippen LogP contribution in [0.15, 0.2) is 17.1 Å². The van der Waals surface area contributed by atoms with E-state index in [4.69, 9.17) is 9.84 Å². The minimum atomic E-state index is -1.17. The molecule has 2 heterocycles. The second-order valence-electron chi connectivity index (χ2n) is 5.43.